The van der Waals surface area contributed by atoms with Crippen LogP contribution in [0.4, 0.5) is 5.82 Å². The lowest BCUT2D eigenvalue weighted by Gasteiger charge is -2.40. The minimum Gasteiger partial charge on any atom is -0.351 e. The average molecular weight is 339 g/mol. The van der Waals surface area contributed by atoms with E-state index in [4.69, 9.17) is 0 Å². The first kappa shape index (κ1) is 17.4. The first-order valence-electron chi connectivity index (χ1n) is 8.78. The van der Waals surface area contributed by atoms with Crippen LogP contribution in [0.25, 0.3) is 0 Å². The van der Waals surface area contributed by atoms with E-state index in [-0.39, 0.29) is 0 Å². The van der Waals surface area contributed by atoms with Crippen molar-refractivity contribution in [1.82, 2.24) is 24.6 Å². The van der Waals surface area contributed by atoms with E-state index in [2.05, 4.69) is 49.5 Å². The summed E-state index contributed by atoms with van der Waals surface area (Å²) in [5.41, 5.74) is 2.39. The highest BCUT2D eigenvalue weighted by atomic mass is 15.3. The van der Waals surface area contributed by atoms with E-state index in [0.717, 1.165) is 49.8 Å². The molecule has 0 radical (unpaired) electrons. The molecule has 0 aliphatic carbocycles. The van der Waals surface area contributed by atoms with Crippen molar-refractivity contribution in [2.75, 3.05) is 24.5 Å². The van der Waals surface area contributed by atoms with Gasteiger partial charge in [-0.2, -0.15) is 10.4 Å². The predicted molar refractivity (Wildman–Crippen MR) is 96.2 cm³/mol. The molecular formula is C18H25N7. The quantitative estimate of drug-likeness (QED) is 0.847. The summed E-state index contributed by atoms with van der Waals surface area (Å²) < 4.78 is 2.18. The summed E-state index contributed by atoms with van der Waals surface area (Å²) in [6.07, 6.45) is 3.89. The molecule has 1 saturated heterocycles. The number of hydrogen-bond acceptors (Lipinski definition) is 6. The van der Waals surface area contributed by atoms with Crippen LogP contribution in [0.2, 0.25) is 0 Å². The van der Waals surface area contributed by atoms with Gasteiger partial charge in [0, 0.05) is 44.6 Å². The molecule has 2 aromatic heterocycles. The second kappa shape index (κ2) is 7.19. The molecule has 2 aromatic rings. The van der Waals surface area contributed by atoms with Crippen molar-refractivity contribution >= 4 is 5.82 Å². The van der Waals surface area contributed by atoms with Gasteiger partial charge < -0.3 is 9.47 Å². The molecule has 1 unspecified atom stereocenters. The number of rotatable bonds is 4. The van der Waals surface area contributed by atoms with Gasteiger partial charge in [-0.05, 0) is 33.3 Å². The SMILES string of the molecule is CCn1ccnc1CN1CCN(c2nnc(C)c(C)c2C#N)CC1C. The number of aryl methyl sites for hydroxylation is 2. The molecule has 7 heteroatoms. The van der Waals surface area contributed by atoms with Gasteiger partial charge in [-0.1, -0.05) is 0 Å². The van der Waals surface area contributed by atoms with Crippen LogP contribution in [-0.4, -0.2) is 50.3 Å². The Bertz CT molecular complexity index is 789. The molecular weight excluding hydrogens is 314 g/mol. The molecule has 3 heterocycles. The summed E-state index contributed by atoms with van der Waals surface area (Å²) in [5.74, 6) is 1.82. The van der Waals surface area contributed by atoms with Gasteiger partial charge in [0.1, 0.15) is 17.5 Å². The Labute approximate surface area is 148 Å². The molecule has 1 fully saturated rings. The largest absolute Gasteiger partial charge is 0.351 e. The van der Waals surface area contributed by atoms with E-state index >= 15 is 0 Å². The van der Waals surface area contributed by atoms with E-state index in [1.165, 1.54) is 0 Å². The maximum atomic E-state index is 9.54. The lowest BCUT2D eigenvalue weighted by atomic mass is 10.1. The Morgan fingerprint density at radius 2 is 2.08 bits per heavy atom. The highest BCUT2D eigenvalue weighted by molar-refractivity contribution is 5.57. The smallest absolute Gasteiger partial charge is 0.169 e. The fraction of sp³-hybridized carbons (Fsp3) is 0.556. The summed E-state index contributed by atoms with van der Waals surface area (Å²) in [7, 11) is 0. The third-order valence-electron chi connectivity index (χ3n) is 5.10. The minimum atomic E-state index is 0.353. The van der Waals surface area contributed by atoms with Crippen molar-refractivity contribution in [3.63, 3.8) is 0 Å². The van der Waals surface area contributed by atoms with Crippen LogP contribution >= 0.6 is 0 Å². The molecule has 132 valence electrons. The van der Waals surface area contributed by atoms with Crippen molar-refractivity contribution in [2.24, 2.45) is 0 Å². The molecule has 7 nitrogen and oxygen atoms in total. The number of piperazine rings is 1. The van der Waals surface area contributed by atoms with Gasteiger partial charge >= 0.3 is 0 Å². The van der Waals surface area contributed by atoms with Crippen molar-refractivity contribution in [3.05, 3.63) is 35.0 Å². The fourth-order valence-electron chi connectivity index (χ4n) is 3.33. The molecule has 0 N–H and O–H groups in total. The Kier molecular flexibility index (Phi) is 5.00. The number of anilines is 1. The fourth-order valence-corrected chi connectivity index (χ4v) is 3.33. The standard InChI is InChI=1S/C18H25N7/c1-5-23-7-6-20-17(23)12-24-8-9-25(11-13(24)2)18-16(10-19)14(3)15(4)21-22-18/h6-7,13H,5,8-9,11-12H2,1-4H3. The van der Waals surface area contributed by atoms with Gasteiger partial charge in [0.15, 0.2) is 5.82 Å². The summed E-state index contributed by atoms with van der Waals surface area (Å²) in [6, 6.07) is 2.66. The second-order valence-corrected chi connectivity index (χ2v) is 6.62. The summed E-state index contributed by atoms with van der Waals surface area (Å²) in [5, 5.41) is 18.1. The van der Waals surface area contributed by atoms with Crippen molar-refractivity contribution in [1.29, 1.82) is 5.26 Å². The van der Waals surface area contributed by atoms with Crippen molar-refractivity contribution in [3.8, 4) is 6.07 Å². The van der Waals surface area contributed by atoms with Crippen LogP contribution in [0.5, 0.6) is 0 Å². The Morgan fingerprint density at radius 1 is 1.28 bits per heavy atom. The Hall–Kier alpha value is -2.46. The number of aromatic nitrogens is 4. The summed E-state index contributed by atoms with van der Waals surface area (Å²) in [4.78, 5) is 9.11. The van der Waals surface area contributed by atoms with Crippen LogP contribution < -0.4 is 4.90 Å². The maximum absolute atomic E-state index is 9.54. The van der Waals surface area contributed by atoms with Gasteiger partial charge in [-0.25, -0.2) is 4.98 Å². The van der Waals surface area contributed by atoms with Crippen LogP contribution in [0, 0.1) is 25.2 Å². The van der Waals surface area contributed by atoms with E-state index < -0.39 is 0 Å². The van der Waals surface area contributed by atoms with Gasteiger partial charge in [0.2, 0.25) is 0 Å². The molecule has 0 bridgehead atoms. The highest BCUT2D eigenvalue weighted by Gasteiger charge is 2.27. The van der Waals surface area contributed by atoms with Crippen LogP contribution in [0.15, 0.2) is 12.4 Å². The lowest BCUT2D eigenvalue weighted by Crippen LogP contribution is -2.52. The first-order valence-corrected chi connectivity index (χ1v) is 8.78. The Balaban J connectivity index is 1.74. The zero-order chi connectivity index (χ0) is 18.0. The van der Waals surface area contributed by atoms with E-state index in [1.807, 2.05) is 26.2 Å². The zero-order valence-corrected chi connectivity index (χ0v) is 15.4. The summed E-state index contributed by atoms with van der Waals surface area (Å²) in [6.45, 7) is 12.5. The third kappa shape index (κ3) is 3.35. The predicted octanol–water partition coefficient (Wildman–Crippen LogP) is 1.89. The maximum Gasteiger partial charge on any atom is 0.169 e. The van der Waals surface area contributed by atoms with Gasteiger partial charge in [-0.3, -0.25) is 4.90 Å². The normalized spacial score (nSPS) is 18.4. The molecule has 0 spiro atoms. The Morgan fingerprint density at radius 3 is 2.76 bits per heavy atom. The number of nitriles is 1. The van der Waals surface area contributed by atoms with Crippen molar-refractivity contribution < 1.29 is 0 Å². The molecule has 1 atom stereocenters. The molecule has 25 heavy (non-hydrogen) atoms. The van der Waals surface area contributed by atoms with Crippen LogP contribution in [-0.2, 0) is 13.1 Å². The van der Waals surface area contributed by atoms with Crippen LogP contribution in [0.3, 0.4) is 0 Å². The highest BCUT2D eigenvalue weighted by Crippen LogP contribution is 2.24. The molecule has 0 amide bonds. The third-order valence-corrected chi connectivity index (χ3v) is 5.10. The molecule has 0 saturated carbocycles. The van der Waals surface area contributed by atoms with Gasteiger partial charge in [0.25, 0.3) is 0 Å². The van der Waals surface area contributed by atoms with E-state index in [1.54, 1.807) is 0 Å². The van der Waals surface area contributed by atoms with E-state index in [0.29, 0.717) is 17.4 Å². The topological polar surface area (TPSA) is 73.9 Å². The number of hydrogen-bond donors (Lipinski definition) is 0. The summed E-state index contributed by atoms with van der Waals surface area (Å²) >= 11 is 0. The monoisotopic (exact) mass is 339 g/mol. The first-order chi connectivity index (χ1) is 12.0. The molecule has 1 aliphatic heterocycles. The van der Waals surface area contributed by atoms with Crippen LogP contribution in [0.1, 0.15) is 36.5 Å². The average Bonchev–Trinajstić information content (AvgIpc) is 3.06. The van der Waals surface area contributed by atoms with E-state index in [9.17, 15) is 5.26 Å². The molecule has 0 aromatic carbocycles. The van der Waals surface area contributed by atoms with Gasteiger partial charge in [0.05, 0.1) is 12.2 Å². The van der Waals surface area contributed by atoms with Crippen molar-refractivity contribution in [2.45, 2.75) is 46.8 Å². The zero-order valence-electron chi connectivity index (χ0n) is 15.4. The van der Waals surface area contributed by atoms with Gasteiger partial charge in [-0.15, -0.1) is 5.10 Å². The second-order valence-electron chi connectivity index (χ2n) is 6.62. The molecule has 1 aliphatic rings. The minimum absolute atomic E-state index is 0.353. The number of nitrogens with zero attached hydrogens (tertiary/aromatic N) is 7. The molecule has 3 rings (SSSR count). The number of imidazole rings is 1. The lowest BCUT2D eigenvalue weighted by molar-refractivity contribution is 0.174.